The van der Waals surface area contributed by atoms with E-state index in [9.17, 15) is 0 Å². The van der Waals surface area contributed by atoms with Gasteiger partial charge in [0, 0.05) is 12.0 Å². The van der Waals surface area contributed by atoms with E-state index in [0.29, 0.717) is 6.54 Å². The number of hydrogen-bond donors (Lipinski definition) is 2. The van der Waals surface area contributed by atoms with Crippen LogP contribution in [0.5, 0.6) is 0 Å². The smallest absolute Gasteiger partial charge is 0.107 e. The van der Waals surface area contributed by atoms with Crippen LogP contribution in [-0.4, -0.2) is 16.5 Å². The summed E-state index contributed by atoms with van der Waals surface area (Å²) in [7, 11) is 0. The minimum Gasteiger partial charge on any atom is -0.342 e. The lowest BCUT2D eigenvalue weighted by Gasteiger charge is -2.07. The van der Waals surface area contributed by atoms with Crippen molar-refractivity contribution < 1.29 is 0 Å². The molecular weight excluding hydrogens is 210 g/mol. The summed E-state index contributed by atoms with van der Waals surface area (Å²) < 4.78 is 0. The molecule has 1 heterocycles. The highest BCUT2D eigenvalue weighted by Crippen LogP contribution is 2.24. The van der Waals surface area contributed by atoms with Crippen LogP contribution in [-0.2, 0) is 6.42 Å². The van der Waals surface area contributed by atoms with Gasteiger partial charge in [0.1, 0.15) is 5.82 Å². The molecule has 0 atom stereocenters. The molecule has 0 saturated heterocycles. The average molecular weight is 229 g/mol. The summed E-state index contributed by atoms with van der Waals surface area (Å²) in [5.74, 6) is 0.958. The molecule has 3 N–H and O–H groups in total. The zero-order chi connectivity index (χ0) is 12.4. The molecular formula is C14H19N3. The second-order valence-electron chi connectivity index (χ2n) is 4.53. The molecule has 0 amide bonds. The Hall–Kier alpha value is -1.61. The predicted octanol–water partition coefficient (Wildman–Crippen LogP) is 2.50. The fourth-order valence-electron chi connectivity index (χ4n) is 2.01. The summed E-state index contributed by atoms with van der Waals surface area (Å²) in [4.78, 5) is 7.67. The van der Waals surface area contributed by atoms with Gasteiger partial charge in [0.2, 0.25) is 0 Å². The highest BCUT2D eigenvalue weighted by atomic mass is 14.9. The first-order valence-corrected chi connectivity index (χ1v) is 5.94. The highest BCUT2D eigenvalue weighted by Gasteiger charge is 2.07. The monoisotopic (exact) mass is 229 g/mol. The van der Waals surface area contributed by atoms with Crippen molar-refractivity contribution in [2.24, 2.45) is 5.73 Å². The van der Waals surface area contributed by atoms with E-state index < -0.39 is 0 Å². The number of aryl methyl sites for hydroxylation is 3. The second kappa shape index (κ2) is 4.72. The normalized spacial score (nSPS) is 10.8. The molecule has 0 aliphatic rings. The molecule has 17 heavy (non-hydrogen) atoms. The van der Waals surface area contributed by atoms with Crippen molar-refractivity contribution >= 4 is 0 Å². The maximum absolute atomic E-state index is 5.52. The van der Waals surface area contributed by atoms with Gasteiger partial charge in [0.05, 0.1) is 11.9 Å². The molecule has 0 aliphatic heterocycles. The van der Waals surface area contributed by atoms with Crippen LogP contribution >= 0.6 is 0 Å². The summed E-state index contributed by atoms with van der Waals surface area (Å²) in [5, 5.41) is 0. The van der Waals surface area contributed by atoms with Gasteiger partial charge in [-0.2, -0.15) is 0 Å². The Labute approximate surface area is 102 Å². The fourth-order valence-corrected chi connectivity index (χ4v) is 2.01. The largest absolute Gasteiger partial charge is 0.342 e. The van der Waals surface area contributed by atoms with Crippen molar-refractivity contribution in [2.45, 2.75) is 27.2 Å². The first kappa shape index (κ1) is 11.9. The molecule has 0 spiro atoms. The molecule has 0 radical (unpaired) electrons. The summed E-state index contributed by atoms with van der Waals surface area (Å²) in [6.07, 6.45) is 2.69. The number of nitrogens with two attached hydrogens (primary N) is 1. The number of aromatic nitrogens is 2. The van der Waals surface area contributed by atoms with Crippen LogP contribution < -0.4 is 5.73 Å². The van der Waals surface area contributed by atoms with Crippen molar-refractivity contribution in [1.29, 1.82) is 0 Å². The van der Waals surface area contributed by atoms with E-state index in [4.69, 9.17) is 5.73 Å². The standard InChI is InChI=1S/C14H19N3/c1-9-6-11(3)12(7-10(9)2)13-8-16-14(17-13)4-5-15/h6-8H,4-5,15H2,1-3H3,(H,16,17). The lowest BCUT2D eigenvalue weighted by Crippen LogP contribution is -2.03. The Kier molecular flexibility index (Phi) is 3.29. The predicted molar refractivity (Wildman–Crippen MR) is 71.0 cm³/mol. The molecule has 1 aromatic carbocycles. The van der Waals surface area contributed by atoms with E-state index >= 15 is 0 Å². The molecule has 0 saturated carbocycles. The molecule has 0 bridgehead atoms. The van der Waals surface area contributed by atoms with Gasteiger partial charge < -0.3 is 10.7 Å². The molecule has 90 valence electrons. The maximum Gasteiger partial charge on any atom is 0.107 e. The number of nitrogens with one attached hydrogen (secondary N) is 1. The fraction of sp³-hybridized carbons (Fsp3) is 0.357. The summed E-state index contributed by atoms with van der Waals surface area (Å²) in [5.41, 5.74) is 11.7. The van der Waals surface area contributed by atoms with E-state index in [1.165, 1.54) is 22.3 Å². The number of aromatic amines is 1. The molecule has 3 heteroatoms. The topological polar surface area (TPSA) is 54.7 Å². The summed E-state index contributed by atoms with van der Waals surface area (Å²) in [6, 6.07) is 4.43. The van der Waals surface area contributed by atoms with Crippen molar-refractivity contribution in [3.05, 3.63) is 40.8 Å². The van der Waals surface area contributed by atoms with Crippen LogP contribution in [0.3, 0.4) is 0 Å². The molecule has 1 aromatic heterocycles. The second-order valence-corrected chi connectivity index (χ2v) is 4.53. The number of H-pyrrole nitrogens is 1. The minimum atomic E-state index is 0.624. The molecule has 2 aromatic rings. The average Bonchev–Trinajstić information content (AvgIpc) is 2.72. The third-order valence-electron chi connectivity index (χ3n) is 3.14. The van der Waals surface area contributed by atoms with Gasteiger partial charge in [-0.1, -0.05) is 6.07 Å². The Morgan fingerprint density at radius 1 is 1.12 bits per heavy atom. The lowest BCUT2D eigenvalue weighted by atomic mass is 9.99. The molecule has 0 unspecified atom stereocenters. The zero-order valence-electron chi connectivity index (χ0n) is 10.7. The SMILES string of the molecule is Cc1cc(C)c(-c2cnc(CCN)[nH]2)cc1C. The highest BCUT2D eigenvalue weighted by molar-refractivity contribution is 5.65. The third-order valence-corrected chi connectivity index (χ3v) is 3.14. The van der Waals surface area contributed by atoms with Gasteiger partial charge in [-0.25, -0.2) is 4.98 Å². The third kappa shape index (κ3) is 2.39. The van der Waals surface area contributed by atoms with Crippen molar-refractivity contribution in [1.82, 2.24) is 9.97 Å². The van der Waals surface area contributed by atoms with Gasteiger partial charge in [-0.3, -0.25) is 0 Å². The number of rotatable bonds is 3. The van der Waals surface area contributed by atoms with E-state index in [2.05, 4.69) is 42.9 Å². The Morgan fingerprint density at radius 2 is 1.82 bits per heavy atom. The van der Waals surface area contributed by atoms with Gasteiger partial charge >= 0.3 is 0 Å². The van der Waals surface area contributed by atoms with Crippen molar-refractivity contribution in [2.75, 3.05) is 6.54 Å². The maximum atomic E-state index is 5.52. The van der Waals surface area contributed by atoms with Crippen LogP contribution in [0.4, 0.5) is 0 Å². The summed E-state index contributed by atoms with van der Waals surface area (Å²) >= 11 is 0. The van der Waals surface area contributed by atoms with Gasteiger partial charge in [0.15, 0.2) is 0 Å². The Balaban J connectivity index is 2.41. The lowest BCUT2D eigenvalue weighted by molar-refractivity contribution is 0.895. The van der Waals surface area contributed by atoms with E-state index in [1.54, 1.807) is 0 Å². The number of hydrogen-bond acceptors (Lipinski definition) is 2. The Bertz CT molecular complexity index is 526. The molecule has 0 aliphatic carbocycles. The van der Waals surface area contributed by atoms with E-state index in [-0.39, 0.29) is 0 Å². The number of benzene rings is 1. The van der Waals surface area contributed by atoms with Gasteiger partial charge in [-0.15, -0.1) is 0 Å². The number of imidazole rings is 1. The first-order chi connectivity index (χ1) is 8.11. The number of nitrogens with zero attached hydrogens (tertiary/aromatic N) is 1. The van der Waals surface area contributed by atoms with Crippen LogP contribution in [0.15, 0.2) is 18.3 Å². The van der Waals surface area contributed by atoms with Crippen molar-refractivity contribution in [3.63, 3.8) is 0 Å². The molecule has 2 rings (SSSR count). The minimum absolute atomic E-state index is 0.624. The van der Waals surface area contributed by atoms with Crippen molar-refractivity contribution in [3.8, 4) is 11.3 Å². The molecule has 0 fully saturated rings. The molecule has 3 nitrogen and oxygen atoms in total. The van der Waals surface area contributed by atoms with E-state index in [0.717, 1.165) is 17.9 Å². The zero-order valence-corrected chi connectivity index (χ0v) is 10.7. The van der Waals surface area contributed by atoms with Gasteiger partial charge in [0.25, 0.3) is 0 Å². The Morgan fingerprint density at radius 3 is 2.53 bits per heavy atom. The van der Waals surface area contributed by atoms with Crippen LogP contribution in [0.25, 0.3) is 11.3 Å². The van der Waals surface area contributed by atoms with Gasteiger partial charge in [-0.05, 0) is 50.1 Å². The quantitative estimate of drug-likeness (QED) is 0.849. The van der Waals surface area contributed by atoms with Crippen LogP contribution in [0.2, 0.25) is 0 Å². The van der Waals surface area contributed by atoms with E-state index in [1.807, 2.05) is 6.20 Å². The first-order valence-electron chi connectivity index (χ1n) is 5.94. The van der Waals surface area contributed by atoms with Crippen LogP contribution in [0, 0.1) is 20.8 Å². The summed E-state index contributed by atoms with van der Waals surface area (Å²) in [6.45, 7) is 7.03. The van der Waals surface area contributed by atoms with Crippen LogP contribution in [0.1, 0.15) is 22.5 Å².